The van der Waals surface area contributed by atoms with Crippen LogP contribution >= 0.6 is 11.6 Å². The summed E-state index contributed by atoms with van der Waals surface area (Å²) in [6, 6.07) is 8.24. The lowest BCUT2D eigenvalue weighted by molar-refractivity contribution is 0.514. The molecule has 0 aliphatic heterocycles. The van der Waals surface area contributed by atoms with Crippen molar-refractivity contribution < 1.29 is 8.78 Å². The van der Waals surface area contributed by atoms with Crippen LogP contribution < -0.4 is 0 Å². The molecule has 0 N–H and O–H groups in total. The van der Waals surface area contributed by atoms with Crippen LogP contribution in [-0.4, -0.2) is 9.55 Å². The van der Waals surface area contributed by atoms with E-state index in [1.165, 1.54) is 6.07 Å². The van der Waals surface area contributed by atoms with Crippen LogP contribution in [0.25, 0.3) is 16.7 Å². The van der Waals surface area contributed by atoms with Gasteiger partial charge in [0.15, 0.2) is 11.6 Å². The molecule has 1 heterocycles. The molecule has 0 bridgehead atoms. The van der Waals surface area contributed by atoms with Gasteiger partial charge in [0.25, 0.3) is 0 Å². The highest BCUT2D eigenvalue weighted by Gasteiger charge is 2.18. The highest BCUT2D eigenvalue weighted by molar-refractivity contribution is 6.17. The Kier molecular flexibility index (Phi) is 3.41. The molecule has 0 unspecified atom stereocenters. The van der Waals surface area contributed by atoms with E-state index in [0.717, 1.165) is 22.9 Å². The van der Waals surface area contributed by atoms with Crippen molar-refractivity contribution in [2.24, 2.45) is 0 Å². The largest absolute Gasteiger partial charge is 0.293 e. The molecule has 1 aromatic heterocycles. The molecule has 3 rings (SSSR count). The second-order valence-corrected chi connectivity index (χ2v) is 5.26. The van der Waals surface area contributed by atoms with Crippen molar-refractivity contribution in [3.8, 4) is 5.69 Å². The predicted octanol–water partition coefficient (Wildman–Crippen LogP) is 4.66. The number of alkyl halides is 1. The summed E-state index contributed by atoms with van der Waals surface area (Å²) in [4.78, 5) is 4.29. The van der Waals surface area contributed by atoms with E-state index >= 15 is 0 Å². The van der Waals surface area contributed by atoms with E-state index in [1.54, 1.807) is 4.57 Å². The minimum absolute atomic E-state index is 0.114. The van der Waals surface area contributed by atoms with Crippen molar-refractivity contribution in [2.75, 3.05) is 0 Å². The zero-order valence-electron chi connectivity index (χ0n) is 11.6. The number of hydrogen-bond donors (Lipinski definition) is 0. The molecule has 108 valence electrons. The number of nitrogens with zero attached hydrogens (tertiary/aromatic N) is 2. The molecule has 0 amide bonds. The minimum Gasteiger partial charge on any atom is -0.293 e. The predicted molar refractivity (Wildman–Crippen MR) is 80.0 cm³/mol. The van der Waals surface area contributed by atoms with Crippen LogP contribution in [0.15, 0.2) is 30.3 Å². The van der Waals surface area contributed by atoms with Gasteiger partial charge in [-0.2, -0.15) is 0 Å². The molecule has 0 aliphatic carbocycles. The van der Waals surface area contributed by atoms with E-state index in [2.05, 4.69) is 4.98 Å². The van der Waals surface area contributed by atoms with Crippen LogP contribution in [0.1, 0.15) is 17.0 Å². The van der Waals surface area contributed by atoms with E-state index in [1.807, 2.05) is 32.0 Å². The summed E-state index contributed by atoms with van der Waals surface area (Å²) in [6.45, 7) is 3.96. The summed E-state index contributed by atoms with van der Waals surface area (Å²) in [5.41, 5.74) is 3.42. The summed E-state index contributed by atoms with van der Waals surface area (Å²) >= 11 is 5.92. The van der Waals surface area contributed by atoms with Gasteiger partial charge >= 0.3 is 0 Å². The van der Waals surface area contributed by atoms with Crippen LogP contribution in [0.5, 0.6) is 0 Å². The Morgan fingerprint density at radius 1 is 1.10 bits per heavy atom. The molecular formula is C16H13ClF2N2. The fourth-order valence-corrected chi connectivity index (χ4v) is 2.56. The molecule has 0 saturated heterocycles. The third kappa shape index (κ3) is 2.20. The number of halogens is 3. The van der Waals surface area contributed by atoms with E-state index in [4.69, 9.17) is 11.6 Å². The van der Waals surface area contributed by atoms with Crippen LogP contribution in [-0.2, 0) is 5.88 Å². The Labute approximate surface area is 126 Å². The number of aromatic nitrogens is 2. The van der Waals surface area contributed by atoms with Crippen molar-refractivity contribution in [1.82, 2.24) is 9.55 Å². The molecule has 2 aromatic carbocycles. The summed E-state index contributed by atoms with van der Waals surface area (Å²) in [6.07, 6.45) is 0. The maximum Gasteiger partial charge on any atom is 0.185 e. The van der Waals surface area contributed by atoms with E-state index in [9.17, 15) is 8.78 Å². The molecule has 5 heteroatoms. The van der Waals surface area contributed by atoms with Gasteiger partial charge < -0.3 is 0 Å². The SMILES string of the molecule is Cc1ccc(-n2c(CCl)nc3ccc(F)c(F)c32)cc1C. The third-order valence-electron chi connectivity index (χ3n) is 3.65. The highest BCUT2D eigenvalue weighted by Crippen LogP contribution is 2.27. The van der Waals surface area contributed by atoms with E-state index in [0.29, 0.717) is 11.3 Å². The van der Waals surface area contributed by atoms with Gasteiger partial charge in [-0.05, 0) is 49.2 Å². The fourth-order valence-electron chi connectivity index (χ4n) is 2.38. The maximum absolute atomic E-state index is 14.2. The first-order chi connectivity index (χ1) is 10.0. The number of imidazole rings is 1. The molecule has 0 spiro atoms. The lowest BCUT2D eigenvalue weighted by Crippen LogP contribution is -2.02. The summed E-state index contributed by atoms with van der Waals surface area (Å²) < 4.78 is 29.3. The van der Waals surface area contributed by atoms with Crippen LogP contribution in [0, 0.1) is 25.5 Å². The third-order valence-corrected chi connectivity index (χ3v) is 3.89. The Hall–Kier alpha value is -1.94. The van der Waals surface area contributed by atoms with Gasteiger partial charge in [0.1, 0.15) is 11.3 Å². The first kappa shape index (κ1) is 14.0. The van der Waals surface area contributed by atoms with E-state index in [-0.39, 0.29) is 11.4 Å². The average molecular weight is 307 g/mol. The molecule has 0 fully saturated rings. The quantitative estimate of drug-likeness (QED) is 0.630. The second-order valence-electron chi connectivity index (χ2n) is 4.99. The highest BCUT2D eigenvalue weighted by atomic mass is 35.5. The molecular weight excluding hydrogens is 294 g/mol. The molecule has 2 nitrogen and oxygen atoms in total. The topological polar surface area (TPSA) is 17.8 Å². The average Bonchev–Trinajstić information content (AvgIpc) is 2.85. The van der Waals surface area contributed by atoms with Crippen LogP contribution in [0.3, 0.4) is 0 Å². The van der Waals surface area contributed by atoms with Gasteiger partial charge in [0, 0.05) is 5.69 Å². The van der Waals surface area contributed by atoms with Gasteiger partial charge in [-0.25, -0.2) is 13.8 Å². The van der Waals surface area contributed by atoms with Gasteiger partial charge in [-0.1, -0.05) is 6.07 Å². The summed E-state index contributed by atoms with van der Waals surface area (Å²) in [5.74, 6) is -1.20. The van der Waals surface area contributed by atoms with Gasteiger partial charge in [0.05, 0.1) is 11.4 Å². The molecule has 0 aliphatic rings. The zero-order valence-corrected chi connectivity index (χ0v) is 12.4. The Morgan fingerprint density at radius 3 is 2.52 bits per heavy atom. The van der Waals surface area contributed by atoms with Crippen molar-refractivity contribution in [1.29, 1.82) is 0 Å². The number of fused-ring (bicyclic) bond motifs is 1. The first-order valence-corrected chi connectivity index (χ1v) is 7.05. The Balaban J connectivity index is 2.39. The first-order valence-electron chi connectivity index (χ1n) is 6.52. The summed E-state index contributed by atoms with van der Waals surface area (Å²) in [7, 11) is 0. The fraction of sp³-hybridized carbons (Fsp3) is 0.188. The molecule has 0 atom stereocenters. The van der Waals surface area contributed by atoms with Crippen molar-refractivity contribution in [3.63, 3.8) is 0 Å². The minimum atomic E-state index is -0.908. The number of hydrogen-bond acceptors (Lipinski definition) is 1. The smallest absolute Gasteiger partial charge is 0.185 e. The molecule has 0 radical (unpaired) electrons. The van der Waals surface area contributed by atoms with Crippen molar-refractivity contribution in [2.45, 2.75) is 19.7 Å². The molecule has 21 heavy (non-hydrogen) atoms. The normalized spacial score (nSPS) is 11.3. The molecule has 0 saturated carbocycles. The van der Waals surface area contributed by atoms with Crippen molar-refractivity contribution in [3.05, 3.63) is 58.9 Å². The Bertz CT molecular complexity index is 840. The number of rotatable bonds is 2. The van der Waals surface area contributed by atoms with E-state index < -0.39 is 11.6 Å². The standard InChI is InChI=1S/C16H13ClF2N2/c1-9-3-4-11(7-10(9)2)21-14(8-17)20-13-6-5-12(18)15(19)16(13)21/h3-7H,8H2,1-2H3. The lowest BCUT2D eigenvalue weighted by Gasteiger charge is -2.10. The van der Waals surface area contributed by atoms with Gasteiger partial charge in [0.2, 0.25) is 0 Å². The van der Waals surface area contributed by atoms with Gasteiger partial charge in [-0.15, -0.1) is 11.6 Å². The lowest BCUT2D eigenvalue weighted by atomic mass is 10.1. The summed E-state index contributed by atoms with van der Waals surface area (Å²) in [5, 5.41) is 0. The monoisotopic (exact) mass is 306 g/mol. The molecule has 3 aromatic rings. The van der Waals surface area contributed by atoms with Crippen LogP contribution in [0.2, 0.25) is 0 Å². The Morgan fingerprint density at radius 2 is 1.86 bits per heavy atom. The number of benzene rings is 2. The number of aryl methyl sites for hydroxylation is 2. The second kappa shape index (κ2) is 5.11. The van der Waals surface area contributed by atoms with Crippen molar-refractivity contribution >= 4 is 22.6 Å². The van der Waals surface area contributed by atoms with Crippen LogP contribution in [0.4, 0.5) is 8.78 Å². The van der Waals surface area contributed by atoms with Gasteiger partial charge in [-0.3, -0.25) is 4.57 Å². The maximum atomic E-state index is 14.2. The zero-order chi connectivity index (χ0) is 15.1.